The van der Waals surface area contributed by atoms with Gasteiger partial charge in [-0.3, -0.25) is 9.36 Å². The molecule has 1 spiro atoms. The van der Waals surface area contributed by atoms with Crippen LogP contribution in [0.3, 0.4) is 0 Å². The van der Waals surface area contributed by atoms with Gasteiger partial charge >= 0.3 is 0 Å². The van der Waals surface area contributed by atoms with Gasteiger partial charge in [0, 0.05) is 22.4 Å². The largest absolute Gasteiger partial charge is 0.382 e. The molecule has 198 valence electrons. The zero-order valence-corrected chi connectivity index (χ0v) is 22.1. The maximum Gasteiger partial charge on any atom is 0.254 e. The average molecular weight is 573 g/mol. The SMILES string of the molecule is Nc1nsc2cc(-c3cnc([C@H]4CC5(CC5)c5nc(-c6c(-n7cnnn7)ccc(Cl)c6F)cc(=O)n54)[nH]3)ccc12. The van der Waals surface area contributed by atoms with Crippen molar-refractivity contribution in [3.63, 3.8) is 0 Å². The summed E-state index contributed by atoms with van der Waals surface area (Å²) in [6.07, 6.45) is 5.56. The van der Waals surface area contributed by atoms with E-state index in [1.165, 1.54) is 34.7 Å². The molecule has 4 aromatic heterocycles. The number of rotatable bonds is 4. The zero-order valence-electron chi connectivity index (χ0n) is 20.5. The van der Waals surface area contributed by atoms with Gasteiger partial charge in [0.05, 0.1) is 44.6 Å². The molecule has 1 aliphatic carbocycles. The fourth-order valence-electron chi connectivity index (χ4n) is 5.67. The van der Waals surface area contributed by atoms with Gasteiger partial charge in [0.15, 0.2) is 5.82 Å². The van der Waals surface area contributed by atoms with E-state index < -0.39 is 5.82 Å². The van der Waals surface area contributed by atoms with Gasteiger partial charge in [-0.2, -0.15) is 9.06 Å². The third kappa shape index (κ3) is 3.37. The van der Waals surface area contributed by atoms with Crippen LogP contribution in [0, 0.1) is 5.82 Å². The third-order valence-corrected chi connectivity index (χ3v) is 8.94. The van der Waals surface area contributed by atoms with Gasteiger partial charge in [-0.05, 0) is 65.5 Å². The Balaban J connectivity index is 1.23. The van der Waals surface area contributed by atoms with Crippen LogP contribution in [0.25, 0.3) is 38.3 Å². The highest BCUT2D eigenvalue weighted by Gasteiger charge is 2.55. The van der Waals surface area contributed by atoms with E-state index in [2.05, 4.69) is 29.9 Å². The molecule has 2 aromatic carbocycles. The predicted molar refractivity (Wildman–Crippen MR) is 147 cm³/mol. The van der Waals surface area contributed by atoms with Crippen LogP contribution in [0.5, 0.6) is 0 Å². The lowest BCUT2D eigenvalue weighted by Crippen LogP contribution is -2.25. The summed E-state index contributed by atoms with van der Waals surface area (Å²) in [6.45, 7) is 0. The fourth-order valence-corrected chi connectivity index (χ4v) is 6.57. The van der Waals surface area contributed by atoms with Gasteiger partial charge in [0.25, 0.3) is 5.56 Å². The Morgan fingerprint density at radius 1 is 1.20 bits per heavy atom. The lowest BCUT2D eigenvalue weighted by atomic mass is 10.0. The number of anilines is 1. The summed E-state index contributed by atoms with van der Waals surface area (Å²) in [7, 11) is 0. The Morgan fingerprint density at radius 2 is 2.08 bits per heavy atom. The molecule has 0 radical (unpaired) electrons. The summed E-state index contributed by atoms with van der Waals surface area (Å²) in [6, 6.07) is 9.97. The molecule has 14 heteroatoms. The van der Waals surface area contributed by atoms with Crippen molar-refractivity contribution in [2.24, 2.45) is 0 Å². The van der Waals surface area contributed by atoms with E-state index >= 15 is 4.39 Å². The molecule has 0 bridgehead atoms. The van der Waals surface area contributed by atoms with E-state index in [9.17, 15) is 4.79 Å². The quantitative estimate of drug-likeness (QED) is 0.318. The van der Waals surface area contributed by atoms with E-state index in [-0.39, 0.29) is 33.3 Å². The van der Waals surface area contributed by atoms with Crippen LogP contribution in [0.2, 0.25) is 5.02 Å². The number of benzene rings is 2. The minimum Gasteiger partial charge on any atom is -0.382 e. The van der Waals surface area contributed by atoms with Crippen LogP contribution >= 0.6 is 23.1 Å². The van der Waals surface area contributed by atoms with Crippen molar-refractivity contribution >= 4 is 39.0 Å². The molecular formula is C26H18ClFN10OS. The number of tetrazole rings is 1. The maximum absolute atomic E-state index is 15.4. The molecule has 1 atom stereocenters. The smallest absolute Gasteiger partial charge is 0.254 e. The minimum absolute atomic E-state index is 0.0685. The highest BCUT2D eigenvalue weighted by atomic mass is 35.5. The van der Waals surface area contributed by atoms with Crippen molar-refractivity contribution in [2.45, 2.75) is 30.7 Å². The van der Waals surface area contributed by atoms with E-state index in [0.29, 0.717) is 29.6 Å². The molecule has 2 aliphatic rings. The van der Waals surface area contributed by atoms with Crippen LogP contribution < -0.4 is 11.3 Å². The zero-order chi connectivity index (χ0) is 27.2. The first-order chi connectivity index (χ1) is 19.4. The fraction of sp³-hybridized carbons (Fsp3) is 0.192. The highest BCUT2D eigenvalue weighted by Crippen LogP contribution is 2.58. The van der Waals surface area contributed by atoms with Crippen LogP contribution in [0.15, 0.2) is 53.7 Å². The number of nitrogens with zero attached hydrogens (tertiary/aromatic N) is 8. The van der Waals surface area contributed by atoms with Crippen LogP contribution in [-0.2, 0) is 5.41 Å². The highest BCUT2D eigenvalue weighted by molar-refractivity contribution is 7.13. The number of halogens is 2. The summed E-state index contributed by atoms with van der Waals surface area (Å²) in [5.41, 5.74) is 7.74. The van der Waals surface area contributed by atoms with Gasteiger partial charge in [-0.1, -0.05) is 17.7 Å². The normalized spacial score (nSPS) is 17.1. The molecule has 0 amide bonds. The number of nitrogens with one attached hydrogen (secondary N) is 1. The number of imidazole rings is 1. The number of nitrogens with two attached hydrogens (primary N) is 1. The molecule has 5 heterocycles. The minimum atomic E-state index is -0.693. The topological polar surface area (TPSA) is 146 Å². The van der Waals surface area contributed by atoms with Gasteiger partial charge in [0.2, 0.25) is 0 Å². The number of hydrogen-bond donors (Lipinski definition) is 2. The second kappa shape index (κ2) is 8.26. The van der Waals surface area contributed by atoms with Gasteiger partial charge in [-0.25, -0.2) is 14.4 Å². The van der Waals surface area contributed by atoms with Gasteiger partial charge in [0.1, 0.15) is 23.8 Å². The van der Waals surface area contributed by atoms with Crippen molar-refractivity contribution in [1.82, 2.24) is 44.1 Å². The molecule has 0 unspecified atom stereocenters. The molecule has 1 fully saturated rings. The number of H-pyrrole nitrogens is 1. The van der Waals surface area contributed by atoms with E-state index in [4.69, 9.17) is 22.3 Å². The first-order valence-electron chi connectivity index (χ1n) is 12.5. The maximum atomic E-state index is 15.4. The van der Waals surface area contributed by atoms with Crippen LogP contribution in [0.4, 0.5) is 10.2 Å². The molecule has 1 aliphatic heterocycles. The molecule has 3 N–H and O–H groups in total. The molecule has 6 aromatic rings. The molecule has 11 nitrogen and oxygen atoms in total. The first-order valence-corrected chi connectivity index (χ1v) is 13.6. The lowest BCUT2D eigenvalue weighted by molar-refractivity contribution is 0.542. The molecule has 40 heavy (non-hydrogen) atoms. The van der Waals surface area contributed by atoms with Crippen molar-refractivity contribution in [1.29, 1.82) is 0 Å². The first kappa shape index (κ1) is 23.4. The Morgan fingerprint density at radius 3 is 2.88 bits per heavy atom. The summed E-state index contributed by atoms with van der Waals surface area (Å²) >= 11 is 7.49. The number of hydrogen-bond acceptors (Lipinski definition) is 9. The molecule has 1 saturated carbocycles. The van der Waals surface area contributed by atoms with E-state index in [1.54, 1.807) is 16.8 Å². The van der Waals surface area contributed by atoms with Crippen molar-refractivity contribution in [2.75, 3.05) is 5.73 Å². The second-order valence-corrected chi connectivity index (χ2v) is 11.4. The summed E-state index contributed by atoms with van der Waals surface area (Å²) < 4.78 is 23.7. The van der Waals surface area contributed by atoms with Crippen LogP contribution in [0.1, 0.15) is 37.0 Å². The molecule has 0 saturated heterocycles. The second-order valence-electron chi connectivity index (χ2n) is 10.1. The lowest BCUT2D eigenvalue weighted by Gasteiger charge is -2.15. The third-order valence-electron chi connectivity index (χ3n) is 7.82. The number of aromatic nitrogens is 9. The molecular weight excluding hydrogens is 555 g/mol. The standard InChI is InChI=1S/C26H18ClFN10OS/c27-14-3-4-17(37-11-31-35-36-37)21(22(14)28)15-8-20(39)38-18(9-26(5-6-26)25(38)33-15)24-30-10-16(32-24)12-1-2-13-19(7-12)40-34-23(13)29/h1-4,7-8,10-11,18H,5-6,9H2,(H2,29,34)(H,30,32)/t18-/m1/s1. The number of nitrogen functional groups attached to an aromatic ring is 1. The van der Waals surface area contributed by atoms with Crippen molar-refractivity contribution in [3.8, 4) is 28.2 Å². The Hall–Kier alpha value is -4.49. The molecule has 8 rings (SSSR count). The Labute approximate surface area is 233 Å². The van der Waals surface area contributed by atoms with Gasteiger partial charge in [-0.15, -0.1) is 5.10 Å². The van der Waals surface area contributed by atoms with Gasteiger partial charge < -0.3 is 10.7 Å². The van der Waals surface area contributed by atoms with Crippen LogP contribution in [-0.4, -0.2) is 44.1 Å². The summed E-state index contributed by atoms with van der Waals surface area (Å²) in [4.78, 5) is 26.6. The van der Waals surface area contributed by atoms with E-state index in [1.807, 2.05) is 18.2 Å². The average Bonchev–Trinajstić information content (AvgIpc) is 3.40. The predicted octanol–water partition coefficient (Wildman–Crippen LogP) is 4.29. The number of aromatic amines is 1. The Bertz CT molecular complexity index is 2030. The number of fused-ring (bicyclic) bond motifs is 3. The van der Waals surface area contributed by atoms with Crippen molar-refractivity contribution in [3.05, 3.63) is 81.8 Å². The Kier molecular flexibility index (Phi) is 4.83. The van der Waals surface area contributed by atoms with E-state index in [0.717, 1.165) is 34.2 Å². The van der Waals surface area contributed by atoms with Crippen molar-refractivity contribution < 1.29 is 4.39 Å². The monoisotopic (exact) mass is 572 g/mol. The summed E-state index contributed by atoms with van der Waals surface area (Å²) in [5.74, 6) is 1.12. The summed E-state index contributed by atoms with van der Waals surface area (Å²) in [5, 5.41) is 12.0.